The van der Waals surface area contributed by atoms with Crippen LogP contribution in [0.25, 0.3) is 105 Å². The molecule has 8 aromatic carbocycles. The first kappa shape index (κ1) is 32.7. The summed E-state index contributed by atoms with van der Waals surface area (Å²) in [5.74, 6) is 0.695. The number of hydrogen-bond acceptors (Lipinski definition) is 3. The lowest BCUT2D eigenvalue weighted by Gasteiger charge is -2.14. The molecule has 0 aliphatic rings. The molecule has 4 nitrogen and oxygen atoms in total. The Morgan fingerprint density at radius 1 is 0.316 bits per heavy atom. The summed E-state index contributed by atoms with van der Waals surface area (Å²) < 4.78 is 2.39. The van der Waals surface area contributed by atoms with Crippen LogP contribution in [0, 0.1) is 0 Å². The van der Waals surface area contributed by atoms with Gasteiger partial charge in [0.15, 0.2) is 5.82 Å². The SMILES string of the molecule is c1ccc(-c2cc(-c3ccccc3)nc(-c3ccc(-c4ccc5nc(-c6ccccc6)c6ccc7c(c8ccccc8n7-c7ccccc7)c6c5c4)cc3)n2)cc1. The van der Waals surface area contributed by atoms with E-state index in [1.54, 1.807) is 0 Å². The summed E-state index contributed by atoms with van der Waals surface area (Å²) in [5.41, 5.74) is 13.6. The molecule has 57 heavy (non-hydrogen) atoms. The van der Waals surface area contributed by atoms with Crippen LogP contribution in [0.2, 0.25) is 0 Å². The van der Waals surface area contributed by atoms with Crippen LogP contribution < -0.4 is 0 Å². The van der Waals surface area contributed by atoms with Crippen molar-refractivity contribution in [2.75, 3.05) is 0 Å². The molecule has 0 bridgehead atoms. The topological polar surface area (TPSA) is 43.6 Å². The fourth-order valence-electron chi connectivity index (χ4n) is 8.30. The Morgan fingerprint density at radius 3 is 1.54 bits per heavy atom. The van der Waals surface area contributed by atoms with Crippen molar-refractivity contribution >= 4 is 43.5 Å². The maximum atomic E-state index is 5.36. The highest BCUT2D eigenvalue weighted by molar-refractivity contribution is 6.29. The van der Waals surface area contributed by atoms with Crippen molar-refractivity contribution in [3.63, 3.8) is 0 Å². The molecular formula is C53H34N4. The van der Waals surface area contributed by atoms with Crippen molar-refractivity contribution in [2.45, 2.75) is 0 Å². The minimum absolute atomic E-state index is 0.695. The Morgan fingerprint density at radius 2 is 0.877 bits per heavy atom. The highest BCUT2D eigenvalue weighted by Crippen LogP contribution is 2.43. The maximum absolute atomic E-state index is 5.36. The normalized spacial score (nSPS) is 11.5. The second-order valence-corrected chi connectivity index (χ2v) is 14.4. The van der Waals surface area contributed by atoms with E-state index in [4.69, 9.17) is 15.0 Å². The van der Waals surface area contributed by atoms with Gasteiger partial charge >= 0.3 is 0 Å². The molecule has 0 saturated heterocycles. The summed E-state index contributed by atoms with van der Waals surface area (Å²) >= 11 is 0. The lowest BCUT2D eigenvalue weighted by Crippen LogP contribution is -1.96. The van der Waals surface area contributed by atoms with Crippen molar-refractivity contribution in [2.24, 2.45) is 0 Å². The minimum atomic E-state index is 0.695. The smallest absolute Gasteiger partial charge is 0.160 e. The van der Waals surface area contributed by atoms with Gasteiger partial charge in [0.2, 0.25) is 0 Å². The van der Waals surface area contributed by atoms with Gasteiger partial charge in [-0.1, -0.05) is 164 Å². The maximum Gasteiger partial charge on any atom is 0.160 e. The molecule has 0 amide bonds. The zero-order valence-corrected chi connectivity index (χ0v) is 30.9. The molecule has 0 spiro atoms. The van der Waals surface area contributed by atoms with Crippen molar-refractivity contribution in [3.8, 4) is 62.0 Å². The van der Waals surface area contributed by atoms with E-state index in [2.05, 4.69) is 174 Å². The van der Waals surface area contributed by atoms with Crippen molar-refractivity contribution in [3.05, 3.63) is 206 Å². The largest absolute Gasteiger partial charge is 0.309 e. The number of benzene rings is 8. The highest BCUT2D eigenvalue weighted by atomic mass is 15.0. The van der Waals surface area contributed by atoms with Crippen molar-refractivity contribution in [1.29, 1.82) is 0 Å². The van der Waals surface area contributed by atoms with Crippen molar-refractivity contribution < 1.29 is 0 Å². The summed E-state index contributed by atoms with van der Waals surface area (Å²) in [4.78, 5) is 15.5. The van der Waals surface area contributed by atoms with Crippen LogP contribution in [-0.4, -0.2) is 19.5 Å². The monoisotopic (exact) mass is 726 g/mol. The third kappa shape index (κ3) is 5.66. The van der Waals surface area contributed by atoms with Gasteiger partial charge in [-0.2, -0.15) is 0 Å². The molecule has 4 heteroatoms. The molecule has 0 atom stereocenters. The van der Waals surface area contributed by atoms with E-state index in [-0.39, 0.29) is 0 Å². The third-order valence-electron chi connectivity index (χ3n) is 11.0. The molecule has 0 aliphatic heterocycles. The lowest BCUT2D eigenvalue weighted by molar-refractivity contribution is 1.18. The van der Waals surface area contributed by atoms with Gasteiger partial charge in [-0.15, -0.1) is 0 Å². The number of rotatable bonds is 6. The van der Waals surface area contributed by atoms with Crippen LogP contribution in [0.4, 0.5) is 0 Å². The predicted molar refractivity (Wildman–Crippen MR) is 236 cm³/mol. The van der Waals surface area contributed by atoms with Crippen LogP contribution in [0.3, 0.4) is 0 Å². The van der Waals surface area contributed by atoms with Crippen LogP contribution in [0.1, 0.15) is 0 Å². The zero-order chi connectivity index (χ0) is 37.7. The van der Waals surface area contributed by atoms with Crippen LogP contribution in [0.5, 0.6) is 0 Å². The number of pyridine rings is 1. The number of nitrogens with zero attached hydrogens (tertiary/aromatic N) is 4. The van der Waals surface area contributed by atoms with E-state index in [1.165, 1.54) is 27.2 Å². The molecular weight excluding hydrogens is 693 g/mol. The predicted octanol–water partition coefficient (Wildman–Crippen LogP) is 13.6. The number of fused-ring (bicyclic) bond motifs is 7. The summed E-state index contributed by atoms with van der Waals surface area (Å²) in [6, 6.07) is 72.5. The van der Waals surface area contributed by atoms with Gasteiger partial charge in [0.05, 0.1) is 33.6 Å². The fourth-order valence-corrected chi connectivity index (χ4v) is 8.30. The molecule has 11 rings (SSSR count). The molecule has 11 aromatic rings. The molecule has 266 valence electrons. The molecule has 0 fully saturated rings. The third-order valence-corrected chi connectivity index (χ3v) is 11.0. The summed E-state index contributed by atoms with van der Waals surface area (Å²) in [6.45, 7) is 0. The first-order chi connectivity index (χ1) is 28.3. The Hall–Kier alpha value is -7.69. The molecule has 3 aromatic heterocycles. The second-order valence-electron chi connectivity index (χ2n) is 14.4. The van der Waals surface area contributed by atoms with E-state index in [9.17, 15) is 0 Å². The summed E-state index contributed by atoms with van der Waals surface area (Å²) in [6.07, 6.45) is 0. The summed E-state index contributed by atoms with van der Waals surface area (Å²) in [7, 11) is 0. The Balaban J connectivity index is 1.10. The molecule has 0 saturated carbocycles. The average molecular weight is 727 g/mol. The Kier molecular flexibility index (Phi) is 7.78. The van der Waals surface area contributed by atoms with Gasteiger partial charge in [-0.3, -0.25) is 0 Å². The van der Waals surface area contributed by atoms with Gasteiger partial charge in [-0.05, 0) is 53.6 Å². The van der Waals surface area contributed by atoms with Gasteiger partial charge in [0.1, 0.15) is 0 Å². The fraction of sp³-hybridized carbons (Fsp3) is 0. The lowest BCUT2D eigenvalue weighted by atomic mass is 9.94. The molecule has 0 aliphatic carbocycles. The van der Waals surface area contributed by atoms with E-state index in [0.717, 1.165) is 72.4 Å². The number of hydrogen-bond donors (Lipinski definition) is 0. The molecule has 0 unspecified atom stereocenters. The van der Waals surface area contributed by atoms with Gasteiger partial charge in [0, 0.05) is 54.9 Å². The van der Waals surface area contributed by atoms with Crippen molar-refractivity contribution in [1.82, 2.24) is 19.5 Å². The van der Waals surface area contributed by atoms with Crippen LogP contribution in [-0.2, 0) is 0 Å². The zero-order valence-electron chi connectivity index (χ0n) is 30.9. The first-order valence-electron chi connectivity index (χ1n) is 19.3. The minimum Gasteiger partial charge on any atom is -0.309 e. The van der Waals surface area contributed by atoms with Crippen LogP contribution >= 0.6 is 0 Å². The number of aromatic nitrogens is 4. The highest BCUT2D eigenvalue weighted by Gasteiger charge is 2.20. The Bertz CT molecular complexity index is 3190. The van der Waals surface area contributed by atoms with E-state index < -0.39 is 0 Å². The van der Waals surface area contributed by atoms with E-state index >= 15 is 0 Å². The number of para-hydroxylation sites is 2. The van der Waals surface area contributed by atoms with E-state index in [1.807, 2.05) is 36.4 Å². The van der Waals surface area contributed by atoms with E-state index in [0.29, 0.717) is 5.82 Å². The molecule has 0 N–H and O–H groups in total. The van der Waals surface area contributed by atoms with Gasteiger partial charge in [0.25, 0.3) is 0 Å². The molecule has 0 radical (unpaired) electrons. The molecule has 3 heterocycles. The standard InChI is InChI=1S/C53H34N4/c1-5-15-36(16-6-1)46-34-47(37-17-7-2-8-18-37)56-53(55-46)39-27-25-35(26-28-39)40-29-31-45-44(33-40)50-43(52(54-45)38-19-9-3-10-20-38)30-32-49-51(50)42-23-13-14-24-48(42)57(49)41-21-11-4-12-22-41/h1-34H. The second kappa shape index (κ2) is 13.6. The summed E-state index contributed by atoms with van der Waals surface area (Å²) in [5, 5.41) is 5.92. The Labute approximate surface area is 330 Å². The quantitative estimate of drug-likeness (QED) is 0.160. The van der Waals surface area contributed by atoms with Gasteiger partial charge in [-0.25, -0.2) is 15.0 Å². The average Bonchev–Trinajstić information content (AvgIpc) is 3.64. The van der Waals surface area contributed by atoms with Gasteiger partial charge < -0.3 is 4.57 Å². The first-order valence-corrected chi connectivity index (χ1v) is 19.3. The van der Waals surface area contributed by atoms with Crippen LogP contribution in [0.15, 0.2) is 206 Å².